The van der Waals surface area contributed by atoms with Crippen molar-refractivity contribution in [2.45, 2.75) is 4.90 Å². The van der Waals surface area contributed by atoms with Gasteiger partial charge in [0.1, 0.15) is 17.4 Å². The first kappa shape index (κ1) is 20.1. The standard InChI is InChI=1S/C18H16F2N4O2S2/c1-21-28-13-6-7-14(20)15(9-13)24(2)18(25)23-17-22-10-16(27-17)26-12-5-3-4-11(19)8-12/h3-10,21H,1-2H3,(H,22,23,25). The topological polar surface area (TPSA) is 66.5 Å². The van der Waals surface area contributed by atoms with E-state index in [1.165, 1.54) is 49.5 Å². The van der Waals surface area contributed by atoms with Crippen LogP contribution >= 0.6 is 23.3 Å². The highest BCUT2D eigenvalue weighted by Gasteiger charge is 2.17. The summed E-state index contributed by atoms with van der Waals surface area (Å²) in [5.41, 5.74) is 0.130. The molecule has 0 bridgehead atoms. The number of hydrogen-bond acceptors (Lipinski definition) is 6. The molecule has 3 rings (SSSR count). The van der Waals surface area contributed by atoms with E-state index >= 15 is 0 Å². The number of urea groups is 1. The molecule has 2 amide bonds. The van der Waals surface area contributed by atoms with E-state index in [1.54, 1.807) is 25.2 Å². The Morgan fingerprint density at radius 1 is 1.25 bits per heavy atom. The molecule has 0 unspecified atom stereocenters. The van der Waals surface area contributed by atoms with Crippen LogP contribution < -0.4 is 19.7 Å². The maximum absolute atomic E-state index is 14.1. The Hall–Kier alpha value is -2.69. The predicted molar refractivity (Wildman–Crippen MR) is 107 cm³/mol. The van der Waals surface area contributed by atoms with Crippen molar-refractivity contribution < 1.29 is 18.3 Å². The zero-order chi connectivity index (χ0) is 20.1. The molecule has 0 aliphatic rings. The van der Waals surface area contributed by atoms with Crippen LogP contribution in [0.2, 0.25) is 0 Å². The molecule has 28 heavy (non-hydrogen) atoms. The first-order valence-corrected chi connectivity index (χ1v) is 9.66. The van der Waals surface area contributed by atoms with Gasteiger partial charge in [0.15, 0.2) is 5.13 Å². The Kier molecular flexibility index (Phi) is 6.45. The number of benzene rings is 2. The third-order valence-corrected chi connectivity index (χ3v) is 5.00. The lowest BCUT2D eigenvalue weighted by molar-refractivity contribution is 0.258. The van der Waals surface area contributed by atoms with Crippen LogP contribution in [-0.2, 0) is 0 Å². The fraction of sp³-hybridized carbons (Fsp3) is 0.111. The molecule has 0 aliphatic carbocycles. The summed E-state index contributed by atoms with van der Waals surface area (Å²) in [7, 11) is 3.20. The van der Waals surface area contributed by atoms with Crippen molar-refractivity contribution >= 4 is 40.1 Å². The Bertz CT molecular complexity index is 984. The minimum atomic E-state index is -0.558. The van der Waals surface area contributed by atoms with Gasteiger partial charge < -0.3 is 4.74 Å². The minimum Gasteiger partial charge on any atom is -0.445 e. The van der Waals surface area contributed by atoms with Gasteiger partial charge in [0, 0.05) is 18.0 Å². The molecule has 0 fully saturated rings. The van der Waals surface area contributed by atoms with Crippen molar-refractivity contribution in [2.24, 2.45) is 0 Å². The fourth-order valence-corrected chi connectivity index (χ4v) is 3.45. The number of aromatic nitrogens is 1. The van der Waals surface area contributed by atoms with E-state index in [0.29, 0.717) is 10.8 Å². The van der Waals surface area contributed by atoms with E-state index in [4.69, 9.17) is 4.74 Å². The average Bonchev–Trinajstić information content (AvgIpc) is 3.09. The van der Waals surface area contributed by atoms with E-state index < -0.39 is 17.7 Å². The molecule has 10 heteroatoms. The van der Waals surface area contributed by atoms with Crippen LogP contribution in [0.25, 0.3) is 0 Å². The number of amides is 2. The summed E-state index contributed by atoms with van der Waals surface area (Å²) in [6, 6.07) is 9.60. The second kappa shape index (κ2) is 9.00. The smallest absolute Gasteiger partial charge is 0.327 e. The molecule has 1 aromatic heterocycles. The molecule has 6 nitrogen and oxygen atoms in total. The maximum Gasteiger partial charge on any atom is 0.327 e. The summed E-state index contributed by atoms with van der Waals surface area (Å²) in [4.78, 5) is 18.4. The summed E-state index contributed by atoms with van der Waals surface area (Å²) in [6.07, 6.45) is 1.41. The van der Waals surface area contributed by atoms with Crippen molar-refractivity contribution in [3.63, 3.8) is 0 Å². The minimum absolute atomic E-state index is 0.130. The Morgan fingerprint density at radius 2 is 2.07 bits per heavy atom. The average molecular weight is 422 g/mol. The maximum atomic E-state index is 14.1. The summed E-state index contributed by atoms with van der Waals surface area (Å²) < 4.78 is 35.7. The highest BCUT2D eigenvalue weighted by atomic mass is 32.2. The number of carbonyl (C=O) groups excluding carboxylic acids is 1. The van der Waals surface area contributed by atoms with E-state index in [0.717, 1.165) is 21.1 Å². The Labute approximate surface area is 168 Å². The zero-order valence-electron chi connectivity index (χ0n) is 14.9. The van der Waals surface area contributed by atoms with Crippen LogP contribution in [0.5, 0.6) is 10.8 Å². The van der Waals surface area contributed by atoms with Crippen LogP contribution in [0.4, 0.5) is 24.4 Å². The van der Waals surface area contributed by atoms with Crippen molar-refractivity contribution in [1.29, 1.82) is 0 Å². The Morgan fingerprint density at radius 3 is 2.82 bits per heavy atom. The predicted octanol–water partition coefficient (Wildman–Crippen LogP) is 5.11. The summed E-state index contributed by atoms with van der Waals surface area (Å²) in [5.74, 6) is -0.621. The largest absolute Gasteiger partial charge is 0.445 e. The van der Waals surface area contributed by atoms with Crippen molar-refractivity contribution in [1.82, 2.24) is 9.71 Å². The molecule has 2 aromatic carbocycles. The molecule has 0 radical (unpaired) electrons. The second-order valence-electron chi connectivity index (χ2n) is 5.45. The number of carbonyl (C=O) groups is 1. The van der Waals surface area contributed by atoms with Gasteiger partial charge >= 0.3 is 6.03 Å². The van der Waals surface area contributed by atoms with E-state index in [1.807, 2.05) is 0 Å². The number of nitrogens with one attached hydrogen (secondary N) is 2. The first-order valence-electron chi connectivity index (χ1n) is 8.03. The number of rotatable bonds is 6. The van der Waals surface area contributed by atoms with E-state index in [9.17, 15) is 13.6 Å². The van der Waals surface area contributed by atoms with Crippen molar-refractivity contribution in [3.8, 4) is 10.8 Å². The van der Waals surface area contributed by atoms with Crippen LogP contribution in [0, 0.1) is 11.6 Å². The fourth-order valence-electron chi connectivity index (χ4n) is 2.23. The number of ether oxygens (including phenoxy) is 1. The first-order chi connectivity index (χ1) is 13.5. The van der Waals surface area contributed by atoms with Gasteiger partial charge in [-0.3, -0.25) is 14.9 Å². The van der Waals surface area contributed by atoms with Crippen LogP contribution in [0.1, 0.15) is 0 Å². The Balaban J connectivity index is 1.68. The molecule has 0 saturated heterocycles. The molecule has 1 heterocycles. The van der Waals surface area contributed by atoms with Crippen LogP contribution in [-0.4, -0.2) is 25.1 Å². The summed E-state index contributed by atoms with van der Waals surface area (Å²) >= 11 is 2.38. The van der Waals surface area contributed by atoms with Crippen LogP contribution in [0.3, 0.4) is 0 Å². The van der Waals surface area contributed by atoms with Crippen molar-refractivity contribution in [3.05, 3.63) is 60.3 Å². The van der Waals surface area contributed by atoms with Gasteiger partial charge in [-0.05, 0) is 49.3 Å². The second-order valence-corrected chi connectivity index (χ2v) is 7.53. The summed E-state index contributed by atoms with van der Waals surface area (Å²) in [6.45, 7) is 0. The molecule has 3 aromatic rings. The number of halogens is 2. The van der Waals surface area contributed by atoms with Gasteiger partial charge in [-0.15, -0.1) is 0 Å². The molecule has 0 atom stereocenters. The molecule has 0 aliphatic heterocycles. The van der Waals surface area contributed by atoms with E-state index in [2.05, 4.69) is 15.0 Å². The van der Waals surface area contributed by atoms with Gasteiger partial charge in [-0.1, -0.05) is 17.4 Å². The number of nitrogens with zero attached hydrogens (tertiary/aromatic N) is 2. The van der Waals surface area contributed by atoms with Gasteiger partial charge in [-0.2, -0.15) is 0 Å². The lowest BCUT2D eigenvalue weighted by atomic mass is 10.3. The van der Waals surface area contributed by atoms with Gasteiger partial charge in [0.25, 0.3) is 0 Å². The van der Waals surface area contributed by atoms with Crippen LogP contribution in [0.15, 0.2) is 53.6 Å². The SMILES string of the molecule is CNSc1ccc(F)c(N(C)C(=O)Nc2ncc(Oc3cccc(F)c3)s2)c1. The molecular formula is C18H16F2N4O2S2. The quantitative estimate of drug-likeness (QED) is 0.541. The van der Waals surface area contributed by atoms with Gasteiger partial charge in [0.05, 0.1) is 11.9 Å². The number of anilines is 2. The lowest BCUT2D eigenvalue weighted by Crippen LogP contribution is -2.31. The summed E-state index contributed by atoms with van der Waals surface area (Å²) in [5, 5.41) is 3.23. The highest BCUT2D eigenvalue weighted by molar-refractivity contribution is 7.97. The molecule has 146 valence electrons. The highest BCUT2D eigenvalue weighted by Crippen LogP contribution is 2.31. The molecule has 0 saturated carbocycles. The number of thiazole rings is 1. The molecular weight excluding hydrogens is 406 g/mol. The van der Waals surface area contributed by atoms with E-state index in [-0.39, 0.29) is 10.8 Å². The third-order valence-electron chi connectivity index (χ3n) is 3.52. The normalized spacial score (nSPS) is 10.6. The molecule has 2 N–H and O–H groups in total. The monoisotopic (exact) mass is 422 g/mol. The third kappa shape index (κ3) is 4.97. The number of hydrogen-bond donors (Lipinski definition) is 2. The zero-order valence-corrected chi connectivity index (χ0v) is 16.5. The van der Waals surface area contributed by atoms with Gasteiger partial charge in [0.2, 0.25) is 5.06 Å². The van der Waals surface area contributed by atoms with Gasteiger partial charge in [-0.25, -0.2) is 18.6 Å². The van der Waals surface area contributed by atoms with Crippen molar-refractivity contribution in [2.75, 3.05) is 24.3 Å². The lowest BCUT2D eigenvalue weighted by Gasteiger charge is -2.18. The molecule has 0 spiro atoms.